The maximum Gasteiger partial charge on any atom is 0.0368 e. The number of rotatable bonds is 3. The molecule has 1 aromatic rings. The van der Waals surface area contributed by atoms with Crippen LogP contribution in [-0.4, -0.2) is 19.1 Å². The zero-order chi connectivity index (χ0) is 12.5. The third-order valence-corrected chi connectivity index (χ3v) is 4.04. The summed E-state index contributed by atoms with van der Waals surface area (Å²) in [6, 6.07) is 9.63. The predicted molar refractivity (Wildman–Crippen MR) is 74.6 cm³/mol. The smallest absolute Gasteiger partial charge is 0.0368 e. The van der Waals surface area contributed by atoms with Crippen molar-refractivity contribution < 1.29 is 0 Å². The molecule has 1 fully saturated rings. The van der Waals surface area contributed by atoms with Crippen molar-refractivity contribution in [3.05, 3.63) is 29.8 Å². The van der Waals surface area contributed by atoms with Gasteiger partial charge in [0.25, 0.3) is 0 Å². The Hall–Kier alpha value is -1.02. The Kier molecular flexibility index (Phi) is 3.43. The van der Waals surface area contributed by atoms with E-state index in [4.69, 9.17) is 5.73 Å². The van der Waals surface area contributed by atoms with Crippen LogP contribution >= 0.6 is 0 Å². The molecule has 2 rings (SSSR count). The minimum atomic E-state index is 0.0785. The molecular weight excluding hydrogens is 208 g/mol. The van der Waals surface area contributed by atoms with Crippen LogP contribution in [0.25, 0.3) is 0 Å². The maximum atomic E-state index is 5.81. The van der Waals surface area contributed by atoms with Crippen molar-refractivity contribution in [2.75, 3.05) is 18.0 Å². The molecule has 0 aliphatic carbocycles. The highest BCUT2D eigenvalue weighted by molar-refractivity contribution is 5.50. The fourth-order valence-electron chi connectivity index (χ4n) is 2.54. The standard InChI is InChI=1S/C15H24N2/c1-12-5-4-10-17(12)14-8-6-13(7-9-14)15(2,3)11-16/h6-9,12H,4-5,10-11,16H2,1-3H3. The van der Waals surface area contributed by atoms with E-state index >= 15 is 0 Å². The van der Waals surface area contributed by atoms with Crippen LogP contribution < -0.4 is 10.6 Å². The predicted octanol–water partition coefficient (Wildman–Crippen LogP) is 2.91. The summed E-state index contributed by atoms with van der Waals surface area (Å²) in [4.78, 5) is 2.50. The zero-order valence-electron chi connectivity index (χ0n) is 11.2. The Bertz CT molecular complexity index is 367. The summed E-state index contributed by atoms with van der Waals surface area (Å²) in [6.45, 7) is 8.58. The third kappa shape index (κ3) is 2.47. The number of hydrogen-bond donors (Lipinski definition) is 1. The molecule has 17 heavy (non-hydrogen) atoms. The summed E-state index contributed by atoms with van der Waals surface area (Å²) in [5, 5.41) is 0. The normalized spacial score (nSPS) is 20.9. The van der Waals surface area contributed by atoms with Crippen LogP contribution in [0.4, 0.5) is 5.69 Å². The Morgan fingerprint density at radius 2 is 1.94 bits per heavy atom. The molecule has 94 valence electrons. The van der Waals surface area contributed by atoms with Gasteiger partial charge < -0.3 is 10.6 Å². The van der Waals surface area contributed by atoms with Gasteiger partial charge >= 0.3 is 0 Å². The fraction of sp³-hybridized carbons (Fsp3) is 0.600. The summed E-state index contributed by atoms with van der Waals surface area (Å²) < 4.78 is 0. The molecule has 0 bridgehead atoms. The van der Waals surface area contributed by atoms with Gasteiger partial charge in [-0.15, -0.1) is 0 Å². The molecule has 1 aromatic carbocycles. The van der Waals surface area contributed by atoms with Crippen LogP contribution in [0.2, 0.25) is 0 Å². The highest BCUT2D eigenvalue weighted by atomic mass is 15.2. The van der Waals surface area contributed by atoms with Gasteiger partial charge in [0.15, 0.2) is 0 Å². The lowest BCUT2D eigenvalue weighted by molar-refractivity contribution is 0.539. The zero-order valence-corrected chi connectivity index (χ0v) is 11.2. The van der Waals surface area contributed by atoms with Gasteiger partial charge in [0.1, 0.15) is 0 Å². The quantitative estimate of drug-likeness (QED) is 0.868. The van der Waals surface area contributed by atoms with Gasteiger partial charge in [-0.05, 0) is 37.5 Å². The van der Waals surface area contributed by atoms with Crippen molar-refractivity contribution in [1.29, 1.82) is 0 Å². The maximum absolute atomic E-state index is 5.81. The van der Waals surface area contributed by atoms with Crippen LogP contribution in [0, 0.1) is 0 Å². The van der Waals surface area contributed by atoms with Gasteiger partial charge in [0.05, 0.1) is 0 Å². The molecule has 1 heterocycles. The number of benzene rings is 1. The van der Waals surface area contributed by atoms with Crippen LogP contribution in [0.1, 0.15) is 39.2 Å². The van der Waals surface area contributed by atoms with E-state index in [1.165, 1.54) is 30.6 Å². The first-order valence-electron chi connectivity index (χ1n) is 6.62. The second-order valence-electron chi connectivity index (χ2n) is 5.82. The van der Waals surface area contributed by atoms with E-state index in [9.17, 15) is 0 Å². The van der Waals surface area contributed by atoms with Crippen LogP contribution in [0.15, 0.2) is 24.3 Å². The van der Waals surface area contributed by atoms with Gasteiger partial charge in [0, 0.05) is 30.2 Å². The monoisotopic (exact) mass is 232 g/mol. The summed E-state index contributed by atoms with van der Waals surface area (Å²) in [5.41, 5.74) is 8.57. The van der Waals surface area contributed by atoms with E-state index in [1.807, 2.05) is 0 Å². The Morgan fingerprint density at radius 1 is 1.29 bits per heavy atom. The van der Waals surface area contributed by atoms with E-state index < -0.39 is 0 Å². The van der Waals surface area contributed by atoms with Crippen LogP contribution in [0.5, 0.6) is 0 Å². The second kappa shape index (κ2) is 4.69. The van der Waals surface area contributed by atoms with Crippen molar-refractivity contribution in [2.24, 2.45) is 5.73 Å². The van der Waals surface area contributed by atoms with E-state index in [2.05, 4.69) is 49.9 Å². The molecule has 0 amide bonds. The molecule has 1 atom stereocenters. The molecule has 2 nitrogen and oxygen atoms in total. The minimum absolute atomic E-state index is 0.0785. The molecule has 1 unspecified atom stereocenters. The highest BCUT2D eigenvalue weighted by Crippen LogP contribution is 2.28. The SMILES string of the molecule is CC1CCCN1c1ccc(C(C)(C)CN)cc1. The molecule has 2 heteroatoms. The van der Waals surface area contributed by atoms with E-state index in [0.717, 1.165) is 0 Å². The van der Waals surface area contributed by atoms with Gasteiger partial charge in [-0.25, -0.2) is 0 Å². The Morgan fingerprint density at radius 3 is 2.41 bits per heavy atom. The largest absolute Gasteiger partial charge is 0.369 e. The minimum Gasteiger partial charge on any atom is -0.369 e. The molecule has 0 spiro atoms. The molecular formula is C15H24N2. The first-order chi connectivity index (χ1) is 8.04. The van der Waals surface area contributed by atoms with Gasteiger partial charge in [-0.2, -0.15) is 0 Å². The first-order valence-corrected chi connectivity index (χ1v) is 6.62. The lowest BCUT2D eigenvalue weighted by Crippen LogP contribution is -2.29. The average Bonchev–Trinajstić information content (AvgIpc) is 2.76. The second-order valence-corrected chi connectivity index (χ2v) is 5.82. The van der Waals surface area contributed by atoms with E-state index in [-0.39, 0.29) is 5.41 Å². The first kappa shape index (κ1) is 12.4. The lowest BCUT2D eigenvalue weighted by Gasteiger charge is -2.27. The van der Waals surface area contributed by atoms with E-state index in [1.54, 1.807) is 0 Å². The molecule has 1 aliphatic rings. The summed E-state index contributed by atoms with van der Waals surface area (Å²) in [6.07, 6.45) is 2.63. The lowest BCUT2D eigenvalue weighted by atomic mass is 9.85. The molecule has 1 saturated heterocycles. The van der Waals surface area contributed by atoms with Crippen molar-refractivity contribution in [3.8, 4) is 0 Å². The van der Waals surface area contributed by atoms with Gasteiger partial charge in [-0.1, -0.05) is 26.0 Å². The molecule has 0 radical (unpaired) electrons. The number of hydrogen-bond acceptors (Lipinski definition) is 2. The number of nitrogens with two attached hydrogens (primary N) is 1. The Balaban J connectivity index is 2.18. The summed E-state index contributed by atoms with van der Waals surface area (Å²) in [5.74, 6) is 0. The van der Waals surface area contributed by atoms with Crippen molar-refractivity contribution in [1.82, 2.24) is 0 Å². The van der Waals surface area contributed by atoms with Gasteiger partial charge in [-0.3, -0.25) is 0 Å². The molecule has 0 aromatic heterocycles. The molecule has 2 N–H and O–H groups in total. The Labute approximate surface area is 105 Å². The topological polar surface area (TPSA) is 29.3 Å². The molecule has 1 aliphatic heterocycles. The van der Waals surface area contributed by atoms with Crippen molar-refractivity contribution >= 4 is 5.69 Å². The average molecular weight is 232 g/mol. The number of nitrogens with zero attached hydrogens (tertiary/aromatic N) is 1. The summed E-state index contributed by atoms with van der Waals surface area (Å²) >= 11 is 0. The van der Waals surface area contributed by atoms with E-state index in [0.29, 0.717) is 12.6 Å². The fourth-order valence-corrected chi connectivity index (χ4v) is 2.54. The third-order valence-electron chi connectivity index (χ3n) is 4.04. The van der Waals surface area contributed by atoms with Crippen LogP contribution in [-0.2, 0) is 5.41 Å². The summed E-state index contributed by atoms with van der Waals surface area (Å²) in [7, 11) is 0. The van der Waals surface area contributed by atoms with Crippen molar-refractivity contribution in [2.45, 2.75) is 45.1 Å². The number of anilines is 1. The highest BCUT2D eigenvalue weighted by Gasteiger charge is 2.22. The van der Waals surface area contributed by atoms with Crippen LogP contribution in [0.3, 0.4) is 0 Å². The van der Waals surface area contributed by atoms with Gasteiger partial charge in [0.2, 0.25) is 0 Å². The molecule has 0 saturated carbocycles. The van der Waals surface area contributed by atoms with Crippen molar-refractivity contribution in [3.63, 3.8) is 0 Å².